The minimum atomic E-state index is -0.637. The molecular formula is C11H19NO5. The summed E-state index contributed by atoms with van der Waals surface area (Å²) < 4.78 is 9.35. The Bertz CT molecular complexity index is 293. The third kappa shape index (κ3) is 7.46. The molecule has 6 heteroatoms. The lowest BCUT2D eigenvalue weighted by molar-refractivity contribution is -0.173. The van der Waals surface area contributed by atoms with E-state index in [9.17, 15) is 14.4 Å². The first-order valence-electron chi connectivity index (χ1n) is 5.32. The summed E-state index contributed by atoms with van der Waals surface area (Å²) in [6, 6.07) is 0. The molecule has 0 unspecified atom stereocenters. The number of rotatable bonds is 6. The normalized spacial score (nSPS) is 10.8. The van der Waals surface area contributed by atoms with Crippen LogP contribution in [0.1, 0.15) is 33.6 Å². The first-order chi connectivity index (χ1) is 7.77. The molecule has 0 amide bonds. The minimum absolute atomic E-state index is 0.0442. The second-order valence-electron chi connectivity index (χ2n) is 4.56. The summed E-state index contributed by atoms with van der Waals surface area (Å²) >= 11 is 0. The maximum absolute atomic E-state index is 11.3. The summed E-state index contributed by atoms with van der Waals surface area (Å²) in [5.74, 6) is -1.26. The molecule has 0 radical (unpaired) electrons. The maximum Gasteiger partial charge on any atom is 0.314 e. The summed E-state index contributed by atoms with van der Waals surface area (Å²) in [5.41, 5.74) is 4.44. The van der Waals surface area contributed by atoms with Gasteiger partial charge in [0.15, 0.2) is 0 Å². The Balaban J connectivity index is 3.72. The fourth-order valence-corrected chi connectivity index (χ4v) is 0.781. The molecule has 0 aromatic heterocycles. The Labute approximate surface area is 100 Å². The van der Waals surface area contributed by atoms with E-state index in [4.69, 9.17) is 10.5 Å². The lowest BCUT2D eigenvalue weighted by atomic mass is 9.98. The zero-order valence-corrected chi connectivity index (χ0v) is 10.4. The minimum Gasteiger partial charge on any atom is -0.428 e. The van der Waals surface area contributed by atoms with Crippen molar-refractivity contribution in [2.24, 2.45) is 11.1 Å². The first kappa shape index (κ1) is 15.6. The molecule has 6 nitrogen and oxygen atoms in total. The number of ketones is 1. The van der Waals surface area contributed by atoms with Crippen molar-refractivity contribution in [1.29, 1.82) is 0 Å². The van der Waals surface area contributed by atoms with E-state index in [2.05, 4.69) is 4.74 Å². The summed E-state index contributed by atoms with van der Waals surface area (Å²) in [5, 5.41) is 0. The SMILES string of the molecule is CC(C)(C)C(=O)OCOC(=O)CCC(=O)CN. The molecule has 0 rings (SSSR count). The van der Waals surface area contributed by atoms with Crippen LogP contribution in [0.5, 0.6) is 0 Å². The average Bonchev–Trinajstić information content (AvgIpc) is 2.24. The van der Waals surface area contributed by atoms with Crippen molar-refractivity contribution in [3.05, 3.63) is 0 Å². The number of carbonyl (C=O) groups excluding carboxylic acids is 3. The highest BCUT2D eigenvalue weighted by atomic mass is 16.7. The molecule has 0 fully saturated rings. The van der Waals surface area contributed by atoms with Gasteiger partial charge in [0, 0.05) is 6.42 Å². The van der Waals surface area contributed by atoms with Crippen LogP contribution >= 0.6 is 0 Å². The van der Waals surface area contributed by atoms with Crippen molar-refractivity contribution < 1.29 is 23.9 Å². The van der Waals surface area contributed by atoms with Crippen molar-refractivity contribution in [1.82, 2.24) is 0 Å². The zero-order chi connectivity index (χ0) is 13.5. The van der Waals surface area contributed by atoms with Crippen molar-refractivity contribution in [2.75, 3.05) is 13.3 Å². The molecule has 17 heavy (non-hydrogen) atoms. The highest BCUT2D eigenvalue weighted by Gasteiger charge is 2.23. The Morgan fingerprint density at radius 2 is 1.65 bits per heavy atom. The Morgan fingerprint density at radius 1 is 1.06 bits per heavy atom. The van der Waals surface area contributed by atoms with Crippen molar-refractivity contribution in [3.8, 4) is 0 Å². The highest BCUT2D eigenvalue weighted by Crippen LogP contribution is 2.14. The van der Waals surface area contributed by atoms with Crippen LogP contribution < -0.4 is 5.73 Å². The second kappa shape index (κ2) is 7.01. The van der Waals surface area contributed by atoms with Gasteiger partial charge >= 0.3 is 11.9 Å². The van der Waals surface area contributed by atoms with Crippen LogP contribution in [0.4, 0.5) is 0 Å². The molecule has 98 valence electrons. The van der Waals surface area contributed by atoms with Crippen LogP contribution in [0.3, 0.4) is 0 Å². The lowest BCUT2D eigenvalue weighted by Gasteiger charge is -2.16. The van der Waals surface area contributed by atoms with Crippen LogP contribution in [-0.4, -0.2) is 31.1 Å². The van der Waals surface area contributed by atoms with Gasteiger partial charge in [0.25, 0.3) is 0 Å². The van der Waals surface area contributed by atoms with E-state index in [1.165, 1.54) is 0 Å². The van der Waals surface area contributed by atoms with Gasteiger partial charge in [0.2, 0.25) is 6.79 Å². The standard InChI is InChI=1S/C11H19NO5/c1-11(2,3)10(15)17-7-16-9(14)5-4-8(13)6-12/h4-7,12H2,1-3H3. The average molecular weight is 245 g/mol. The predicted molar refractivity (Wildman–Crippen MR) is 59.8 cm³/mol. The smallest absolute Gasteiger partial charge is 0.314 e. The Morgan fingerprint density at radius 3 is 2.12 bits per heavy atom. The van der Waals surface area contributed by atoms with E-state index in [-0.39, 0.29) is 25.2 Å². The van der Waals surface area contributed by atoms with Crippen LogP contribution in [-0.2, 0) is 23.9 Å². The van der Waals surface area contributed by atoms with Gasteiger partial charge in [-0.3, -0.25) is 14.4 Å². The van der Waals surface area contributed by atoms with Gasteiger partial charge in [-0.05, 0) is 20.8 Å². The largest absolute Gasteiger partial charge is 0.428 e. The molecule has 0 heterocycles. The summed E-state index contributed by atoms with van der Waals surface area (Å²) in [6.45, 7) is 4.56. The van der Waals surface area contributed by atoms with Gasteiger partial charge in [-0.1, -0.05) is 0 Å². The molecular weight excluding hydrogens is 226 g/mol. The van der Waals surface area contributed by atoms with Gasteiger partial charge in [0.1, 0.15) is 5.78 Å². The van der Waals surface area contributed by atoms with E-state index >= 15 is 0 Å². The van der Waals surface area contributed by atoms with Crippen LogP contribution in [0.2, 0.25) is 0 Å². The number of esters is 2. The third-order valence-electron chi connectivity index (χ3n) is 1.86. The molecule has 0 spiro atoms. The van der Waals surface area contributed by atoms with Gasteiger partial charge in [0.05, 0.1) is 18.4 Å². The second-order valence-corrected chi connectivity index (χ2v) is 4.56. The van der Waals surface area contributed by atoms with E-state index in [0.29, 0.717) is 0 Å². The van der Waals surface area contributed by atoms with Crippen molar-refractivity contribution >= 4 is 17.7 Å². The maximum atomic E-state index is 11.3. The fourth-order valence-electron chi connectivity index (χ4n) is 0.781. The summed E-state index contributed by atoms with van der Waals surface area (Å²) in [7, 11) is 0. The van der Waals surface area contributed by atoms with Gasteiger partial charge in [-0.25, -0.2) is 0 Å². The third-order valence-corrected chi connectivity index (χ3v) is 1.86. The molecule has 0 aromatic carbocycles. The number of hydrogen-bond acceptors (Lipinski definition) is 6. The molecule has 0 aliphatic carbocycles. The van der Waals surface area contributed by atoms with E-state index in [0.717, 1.165) is 0 Å². The topological polar surface area (TPSA) is 95.7 Å². The Kier molecular flexibility index (Phi) is 6.42. The van der Waals surface area contributed by atoms with Gasteiger partial charge < -0.3 is 15.2 Å². The Hall–Kier alpha value is -1.43. The summed E-state index contributed by atoms with van der Waals surface area (Å²) in [6.07, 6.45) is -0.00828. The molecule has 0 saturated heterocycles. The first-order valence-corrected chi connectivity index (χ1v) is 5.32. The summed E-state index contributed by atoms with van der Waals surface area (Å²) in [4.78, 5) is 33.2. The number of nitrogens with two attached hydrogens (primary N) is 1. The van der Waals surface area contributed by atoms with Crippen LogP contribution in [0.15, 0.2) is 0 Å². The van der Waals surface area contributed by atoms with Crippen molar-refractivity contribution in [3.63, 3.8) is 0 Å². The molecule has 2 N–H and O–H groups in total. The van der Waals surface area contributed by atoms with Crippen molar-refractivity contribution in [2.45, 2.75) is 33.6 Å². The zero-order valence-electron chi connectivity index (χ0n) is 10.4. The van der Waals surface area contributed by atoms with E-state index in [1.54, 1.807) is 20.8 Å². The highest BCUT2D eigenvalue weighted by molar-refractivity contribution is 5.84. The van der Waals surface area contributed by atoms with Gasteiger partial charge in [-0.15, -0.1) is 0 Å². The van der Waals surface area contributed by atoms with Crippen LogP contribution in [0.25, 0.3) is 0 Å². The molecule has 0 atom stereocenters. The van der Waals surface area contributed by atoms with E-state index < -0.39 is 24.1 Å². The fraction of sp³-hybridized carbons (Fsp3) is 0.727. The molecule has 0 aliphatic rings. The van der Waals surface area contributed by atoms with Crippen LogP contribution in [0, 0.1) is 5.41 Å². The number of hydrogen-bond donors (Lipinski definition) is 1. The molecule has 0 aromatic rings. The predicted octanol–water partition coefficient (Wildman–Crippen LogP) is 0.384. The monoisotopic (exact) mass is 245 g/mol. The van der Waals surface area contributed by atoms with Gasteiger partial charge in [-0.2, -0.15) is 0 Å². The molecule has 0 aliphatic heterocycles. The quantitative estimate of drug-likeness (QED) is 0.537. The molecule has 0 saturated carbocycles. The molecule has 0 bridgehead atoms. The number of Topliss-reactive ketones (excluding diaryl/α,β-unsaturated/α-hetero) is 1. The van der Waals surface area contributed by atoms with E-state index in [1.807, 2.05) is 0 Å². The number of carbonyl (C=O) groups is 3. The number of ether oxygens (including phenoxy) is 2. The lowest BCUT2D eigenvalue weighted by Crippen LogP contribution is -2.25.